The van der Waals surface area contributed by atoms with Crippen molar-refractivity contribution in [2.24, 2.45) is 0 Å². The quantitative estimate of drug-likeness (QED) is 0.425. The molecule has 2 heterocycles. The zero-order valence-corrected chi connectivity index (χ0v) is 10.8. The van der Waals surface area contributed by atoms with Crippen LogP contribution >= 0.6 is 0 Å². The van der Waals surface area contributed by atoms with E-state index in [1.54, 1.807) is 0 Å². The van der Waals surface area contributed by atoms with Crippen LogP contribution in [0.2, 0.25) is 0 Å². The molecule has 0 amide bonds. The average Bonchev–Trinajstić information content (AvgIpc) is 3.24. The van der Waals surface area contributed by atoms with E-state index in [9.17, 15) is 0 Å². The van der Waals surface area contributed by atoms with E-state index in [0.29, 0.717) is 0 Å². The molecule has 0 spiro atoms. The third-order valence-electron chi connectivity index (χ3n) is 3.82. The minimum atomic E-state index is 0.749. The van der Waals surface area contributed by atoms with E-state index in [4.69, 9.17) is 20.9 Å². The summed E-state index contributed by atoms with van der Waals surface area (Å²) in [6.07, 6.45) is 0.785. The van der Waals surface area contributed by atoms with Gasteiger partial charge in [0.1, 0.15) is 0 Å². The standard InChI is InChI=1S/C15H14N2O2/c1-6-3-8(12-14(18-12)10(6)16)5-9-4-7(2)11(17)15-13(9)19-15/h3-4H,5,16-17H2,1-2H3. The molecule has 0 bridgehead atoms. The maximum atomic E-state index is 5.91. The van der Waals surface area contributed by atoms with Crippen LogP contribution in [0.4, 0.5) is 11.4 Å². The number of nitrogen functional groups attached to an aromatic ring is 2. The molecule has 0 atom stereocenters. The number of aryl methyl sites for hydroxylation is 2. The smallest absolute Gasteiger partial charge is 0.193 e. The summed E-state index contributed by atoms with van der Waals surface area (Å²) in [6.45, 7) is 4.00. The van der Waals surface area contributed by atoms with Crippen LogP contribution in [0.15, 0.2) is 12.1 Å². The fourth-order valence-corrected chi connectivity index (χ4v) is 2.57. The van der Waals surface area contributed by atoms with Gasteiger partial charge in [0.05, 0.1) is 11.4 Å². The lowest BCUT2D eigenvalue weighted by Gasteiger charge is -2.02. The molecule has 0 radical (unpaired) electrons. The van der Waals surface area contributed by atoms with Crippen molar-refractivity contribution in [3.63, 3.8) is 0 Å². The Morgan fingerprint density at radius 3 is 1.63 bits per heavy atom. The topological polar surface area (TPSA) is 77.1 Å². The SMILES string of the molecule is Cc1cc(Cc2cc(C)c(N)c3c2O3)c2c(c1N)O2. The molecule has 4 rings (SSSR count). The second kappa shape index (κ2) is 3.15. The summed E-state index contributed by atoms with van der Waals surface area (Å²) in [4.78, 5) is 0. The zero-order chi connectivity index (χ0) is 13.3. The summed E-state index contributed by atoms with van der Waals surface area (Å²) < 4.78 is 10.9. The van der Waals surface area contributed by atoms with Crippen LogP contribution in [0, 0.1) is 13.8 Å². The molecule has 0 aliphatic carbocycles. The molecule has 19 heavy (non-hydrogen) atoms. The first-order chi connectivity index (χ1) is 9.06. The lowest BCUT2D eigenvalue weighted by atomic mass is 10.0. The maximum Gasteiger partial charge on any atom is 0.193 e. The Kier molecular flexibility index (Phi) is 1.75. The molecule has 0 saturated carbocycles. The van der Waals surface area contributed by atoms with E-state index in [0.717, 1.165) is 63.0 Å². The molecule has 4 N–H and O–H groups in total. The molecule has 2 aromatic rings. The van der Waals surface area contributed by atoms with Gasteiger partial charge in [-0.15, -0.1) is 0 Å². The predicted molar refractivity (Wildman–Crippen MR) is 74.1 cm³/mol. The van der Waals surface area contributed by atoms with Crippen LogP contribution in [-0.4, -0.2) is 0 Å². The Labute approximate surface area is 110 Å². The number of ether oxygens (including phenoxy) is 2. The molecule has 2 aliphatic heterocycles. The number of rotatable bonds is 2. The van der Waals surface area contributed by atoms with Gasteiger partial charge in [0.2, 0.25) is 0 Å². The van der Waals surface area contributed by atoms with Gasteiger partial charge in [-0.05, 0) is 37.1 Å². The van der Waals surface area contributed by atoms with Crippen molar-refractivity contribution in [3.05, 3.63) is 34.4 Å². The number of anilines is 2. The maximum absolute atomic E-state index is 5.91. The zero-order valence-electron chi connectivity index (χ0n) is 10.8. The Morgan fingerprint density at radius 1 is 0.789 bits per heavy atom. The summed E-state index contributed by atoms with van der Waals surface area (Å²) >= 11 is 0. The summed E-state index contributed by atoms with van der Waals surface area (Å²) in [6, 6.07) is 4.17. The fraction of sp³-hybridized carbons (Fsp3) is 0.200. The van der Waals surface area contributed by atoms with E-state index in [2.05, 4.69) is 12.1 Å². The van der Waals surface area contributed by atoms with Gasteiger partial charge >= 0.3 is 0 Å². The Hall–Kier alpha value is -2.36. The number of fused-ring (bicyclic) bond motifs is 2. The molecular weight excluding hydrogens is 240 g/mol. The van der Waals surface area contributed by atoms with Crippen molar-refractivity contribution in [1.29, 1.82) is 0 Å². The molecule has 4 nitrogen and oxygen atoms in total. The van der Waals surface area contributed by atoms with Crippen LogP contribution in [0.3, 0.4) is 0 Å². The Morgan fingerprint density at radius 2 is 1.21 bits per heavy atom. The van der Waals surface area contributed by atoms with Gasteiger partial charge in [-0.25, -0.2) is 0 Å². The molecule has 4 heteroatoms. The lowest BCUT2D eigenvalue weighted by molar-refractivity contribution is 0.641. The Bertz CT molecular complexity index is 680. The van der Waals surface area contributed by atoms with E-state index in [1.807, 2.05) is 13.8 Å². The molecule has 0 unspecified atom stereocenters. The van der Waals surface area contributed by atoms with Gasteiger partial charge in [-0.2, -0.15) is 0 Å². The lowest BCUT2D eigenvalue weighted by Crippen LogP contribution is -1.91. The summed E-state index contributed by atoms with van der Waals surface area (Å²) in [5.74, 6) is 3.52. The normalized spacial score (nSPS) is 13.2. The average molecular weight is 254 g/mol. The third kappa shape index (κ3) is 1.40. The van der Waals surface area contributed by atoms with Crippen molar-refractivity contribution < 1.29 is 9.47 Å². The third-order valence-corrected chi connectivity index (χ3v) is 3.82. The molecule has 0 saturated heterocycles. The van der Waals surface area contributed by atoms with Gasteiger partial charge in [-0.3, -0.25) is 0 Å². The Balaban J connectivity index is 1.75. The fourth-order valence-electron chi connectivity index (χ4n) is 2.57. The highest BCUT2D eigenvalue weighted by atomic mass is 16.6. The first-order valence-corrected chi connectivity index (χ1v) is 6.26. The number of nitrogens with two attached hydrogens (primary N) is 2. The van der Waals surface area contributed by atoms with Gasteiger partial charge in [0.15, 0.2) is 23.0 Å². The monoisotopic (exact) mass is 254 g/mol. The van der Waals surface area contributed by atoms with Crippen LogP contribution in [-0.2, 0) is 6.42 Å². The second-order valence-corrected chi connectivity index (χ2v) is 5.23. The molecule has 0 aromatic heterocycles. The number of hydrogen-bond donors (Lipinski definition) is 2. The molecular formula is C15H14N2O2. The van der Waals surface area contributed by atoms with Crippen molar-refractivity contribution >= 4 is 11.4 Å². The predicted octanol–water partition coefficient (Wildman–Crippen LogP) is 3.27. The first-order valence-electron chi connectivity index (χ1n) is 6.26. The molecule has 2 aliphatic rings. The summed E-state index contributed by atoms with van der Waals surface area (Å²) in [5, 5.41) is 0. The summed E-state index contributed by atoms with van der Waals surface area (Å²) in [7, 11) is 0. The highest BCUT2D eigenvalue weighted by Gasteiger charge is 2.33. The minimum absolute atomic E-state index is 0.749. The van der Waals surface area contributed by atoms with Crippen LogP contribution in [0.5, 0.6) is 23.0 Å². The molecule has 0 fully saturated rings. The van der Waals surface area contributed by atoms with Gasteiger partial charge in [-0.1, -0.05) is 0 Å². The van der Waals surface area contributed by atoms with Crippen LogP contribution in [0.25, 0.3) is 0 Å². The molecule has 96 valence electrons. The molecule has 2 aromatic carbocycles. The summed E-state index contributed by atoms with van der Waals surface area (Å²) in [5.41, 5.74) is 17.8. The second-order valence-electron chi connectivity index (χ2n) is 5.23. The minimum Gasteiger partial charge on any atom is -0.447 e. The van der Waals surface area contributed by atoms with Crippen LogP contribution < -0.4 is 20.9 Å². The van der Waals surface area contributed by atoms with Crippen molar-refractivity contribution in [2.75, 3.05) is 11.5 Å². The number of benzene rings is 2. The van der Waals surface area contributed by atoms with Crippen molar-refractivity contribution in [1.82, 2.24) is 0 Å². The van der Waals surface area contributed by atoms with E-state index < -0.39 is 0 Å². The highest BCUT2D eigenvalue weighted by Crippen LogP contribution is 2.57. The van der Waals surface area contributed by atoms with Crippen LogP contribution in [0.1, 0.15) is 22.3 Å². The first kappa shape index (κ1) is 10.6. The van der Waals surface area contributed by atoms with E-state index in [1.165, 1.54) is 0 Å². The number of hydrogen-bond acceptors (Lipinski definition) is 4. The van der Waals surface area contributed by atoms with Gasteiger partial charge in [0, 0.05) is 17.5 Å². The van der Waals surface area contributed by atoms with Gasteiger partial charge in [0.25, 0.3) is 0 Å². The van der Waals surface area contributed by atoms with Crippen molar-refractivity contribution in [2.45, 2.75) is 20.3 Å². The van der Waals surface area contributed by atoms with E-state index in [-0.39, 0.29) is 0 Å². The highest BCUT2D eigenvalue weighted by molar-refractivity contribution is 5.79. The largest absolute Gasteiger partial charge is 0.447 e. The van der Waals surface area contributed by atoms with E-state index >= 15 is 0 Å². The van der Waals surface area contributed by atoms with Crippen molar-refractivity contribution in [3.8, 4) is 23.0 Å². The van der Waals surface area contributed by atoms with Gasteiger partial charge < -0.3 is 20.9 Å².